The third kappa shape index (κ3) is 5.01. The fraction of sp³-hybridized carbons (Fsp3) is 0.533. The van der Waals surface area contributed by atoms with Gasteiger partial charge in [-0.3, -0.25) is 9.69 Å². The summed E-state index contributed by atoms with van der Waals surface area (Å²) in [5.74, 6) is 0.373. The Balaban J connectivity index is 2.59. The first-order valence-corrected chi connectivity index (χ1v) is 6.65. The van der Waals surface area contributed by atoms with Gasteiger partial charge in [0.15, 0.2) is 0 Å². The Morgan fingerprint density at radius 1 is 1.37 bits per heavy atom. The van der Waals surface area contributed by atoms with Gasteiger partial charge in [-0.15, -0.1) is 0 Å². The maximum atomic E-state index is 11.9. The number of nitrogens with one attached hydrogen (secondary N) is 1. The minimum absolute atomic E-state index is 0.0206. The molecule has 1 aromatic carbocycles. The molecule has 4 heteroatoms. The van der Waals surface area contributed by atoms with Crippen molar-refractivity contribution in [3.8, 4) is 0 Å². The number of carbonyl (C=O) groups is 1. The van der Waals surface area contributed by atoms with Gasteiger partial charge in [0.25, 0.3) is 0 Å². The SMILES string of the molecule is CC(C)c1cccc(NC(=O)CN(C)C(C)CO)c1. The summed E-state index contributed by atoms with van der Waals surface area (Å²) in [6.45, 7) is 6.45. The summed E-state index contributed by atoms with van der Waals surface area (Å²) in [5, 5.41) is 11.9. The largest absolute Gasteiger partial charge is 0.395 e. The van der Waals surface area contributed by atoms with Gasteiger partial charge in [0.05, 0.1) is 13.2 Å². The molecule has 19 heavy (non-hydrogen) atoms. The van der Waals surface area contributed by atoms with Crippen LogP contribution in [0.2, 0.25) is 0 Å². The highest BCUT2D eigenvalue weighted by molar-refractivity contribution is 5.92. The molecule has 4 nitrogen and oxygen atoms in total. The first kappa shape index (κ1) is 15.7. The molecular formula is C15H24N2O2. The first-order chi connectivity index (χ1) is 8.93. The maximum Gasteiger partial charge on any atom is 0.238 e. The Bertz CT molecular complexity index is 418. The van der Waals surface area contributed by atoms with Crippen molar-refractivity contribution < 1.29 is 9.90 Å². The van der Waals surface area contributed by atoms with Gasteiger partial charge in [-0.25, -0.2) is 0 Å². The quantitative estimate of drug-likeness (QED) is 0.827. The maximum absolute atomic E-state index is 11.9. The van der Waals surface area contributed by atoms with Crippen LogP contribution in [-0.2, 0) is 4.79 Å². The van der Waals surface area contributed by atoms with Crippen molar-refractivity contribution in [3.63, 3.8) is 0 Å². The zero-order valence-electron chi connectivity index (χ0n) is 12.2. The van der Waals surface area contributed by atoms with Crippen LogP contribution >= 0.6 is 0 Å². The average molecular weight is 264 g/mol. The van der Waals surface area contributed by atoms with Crippen LogP contribution in [0, 0.1) is 0 Å². The Kier molecular flexibility index (Phi) is 5.99. The number of rotatable bonds is 6. The number of nitrogens with zero attached hydrogens (tertiary/aromatic N) is 1. The zero-order valence-corrected chi connectivity index (χ0v) is 12.2. The number of amides is 1. The van der Waals surface area contributed by atoms with Gasteiger partial charge in [0.2, 0.25) is 5.91 Å². The predicted octanol–water partition coefficient (Wildman–Crippen LogP) is 2.06. The second-order valence-electron chi connectivity index (χ2n) is 5.28. The van der Waals surface area contributed by atoms with Crippen molar-refractivity contribution in [1.82, 2.24) is 4.90 Å². The normalized spacial score (nSPS) is 12.8. The summed E-state index contributed by atoms with van der Waals surface area (Å²) in [4.78, 5) is 13.7. The summed E-state index contributed by atoms with van der Waals surface area (Å²) < 4.78 is 0. The summed E-state index contributed by atoms with van der Waals surface area (Å²) in [6, 6.07) is 7.87. The molecule has 1 rings (SSSR count). The minimum atomic E-state index is -0.0660. The van der Waals surface area contributed by atoms with Gasteiger partial charge < -0.3 is 10.4 Å². The Labute approximate surface area is 115 Å². The van der Waals surface area contributed by atoms with Crippen LogP contribution in [0.5, 0.6) is 0 Å². The van der Waals surface area contributed by atoms with E-state index in [1.54, 1.807) is 0 Å². The standard InChI is InChI=1S/C15H24N2O2/c1-11(2)13-6-5-7-14(8-13)16-15(19)9-17(4)12(3)10-18/h5-8,11-12,18H,9-10H2,1-4H3,(H,16,19). The number of hydrogen-bond donors (Lipinski definition) is 2. The lowest BCUT2D eigenvalue weighted by Gasteiger charge is -2.22. The van der Waals surface area contributed by atoms with E-state index in [1.807, 2.05) is 37.1 Å². The highest BCUT2D eigenvalue weighted by Gasteiger charge is 2.12. The second kappa shape index (κ2) is 7.26. The van der Waals surface area contributed by atoms with Crippen molar-refractivity contribution >= 4 is 11.6 Å². The number of likely N-dealkylation sites (N-methyl/N-ethyl adjacent to an activating group) is 1. The molecule has 1 atom stereocenters. The molecule has 1 amide bonds. The topological polar surface area (TPSA) is 52.6 Å². The molecule has 0 bridgehead atoms. The zero-order chi connectivity index (χ0) is 14.4. The van der Waals surface area contributed by atoms with Crippen LogP contribution in [0.25, 0.3) is 0 Å². The highest BCUT2D eigenvalue weighted by atomic mass is 16.3. The van der Waals surface area contributed by atoms with E-state index in [9.17, 15) is 4.79 Å². The number of aliphatic hydroxyl groups excluding tert-OH is 1. The molecule has 106 valence electrons. The molecule has 0 aromatic heterocycles. The van der Waals surface area contributed by atoms with Crippen LogP contribution < -0.4 is 5.32 Å². The molecule has 0 aliphatic carbocycles. The molecule has 1 aromatic rings. The molecule has 0 saturated carbocycles. The predicted molar refractivity (Wildman–Crippen MR) is 78.3 cm³/mol. The van der Waals surface area contributed by atoms with Gasteiger partial charge in [-0.2, -0.15) is 0 Å². The van der Waals surface area contributed by atoms with E-state index in [1.165, 1.54) is 5.56 Å². The lowest BCUT2D eigenvalue weighted by molar-refractivity contribution is -0.117. The van der Waals surface area contributed by atoms with E-state index >= 15 is 0 Å². The number of hydrogen-bond acceptors (Lipinski definition) is 3. The Morgan fingerprint density at radius 3 is 2.63 bits per heavy atom. The van der Waals surface area contributed by atoms with E-state index in [2.05, 4.69) is 25.2 Å². The van der Waals surface area contributed by atoms with E-state index in [0.29, 0.717) is 5.92 Å². The van der Waals surface area contributed by atoms with Crippen LogP contribution in [0.1, 0.15) is 32.3 Å². The van der Waals surface area contributed by atoms with Gasteiger partial charge in [-0.1, -0.05) is 26.0 Å². The first-order valence-electron chi connectivity index (χ1n) is 6.65. The van der Waals surface area contributed by atoms with E-state index < -0.39 is 0 Å². The van der Waals surface area contributed by atoms with Gasteiger partial charge in [0, 0.05) is 11.7 Å². The molecule has 0 spiro atoms. The average Bonchev–Trinajstić information content (AvgIpc) is 2.37. The number of benzene rings is 1. The monoisotopic (exact) mass is 264 g/mol. The van der Waals surface area contributed by atoms with Crippen molar-refractivity contribution in [2.24, 2.45) is 0 Å². The van der Waals surface area contributed by atoms with E-state index in [4.69, 9.17) is 5.11 Å². The highest BCUT2D eigenvalue weighted by Crippen LogP contribution is 2.18. The summed E-state index contributed by atoms with van der Waals surface area (Å²) in [6.07, 6.45) is 0. The van der Waals surface area contributed by atoms with Crippen LogP contribution in [0.3, 0.4) is 0 Å². The fourth-order valence-corrected chi connectivity index (χ4v) is 1.70. The molecule has 0 fully saturated rings. The second-order valence-corrected chi connectivity index (χ2v) is 5.28. The van der Waals surface area contributed by atoms with Gasteiger partial charge in [0.1, 0.15) is 0 Å². The molecule has 1 unspecified atom stereocenters. The van der Waals surface area contributed by atoms with Gasteiger partial charge >= 0.3 is 0 Å². The fourth-order valence-electron chi connectivity index (χ4n) is 1.70. The van der Waals surface area contributed by atoms with Crippen LogP contribution in [-0.4, -0.2) is 42.2 Å². The Hall–Kier alpha value is -1.39. The van der Waals surface area contributed by atoms with Crippen molar-refractivity contribution in [2.75, 3.05) is 25.5 Å². The molecule has 0 heterocycles. The molecular weight excluding hydrogens is 240 g/mol. The summed E-state index contributed by atoms with van der Waals surface area (Å²) in [5.41, 5.74) is 2.02. The number of carbonyl (C=O) groups excluding carboxylic acids is 1. The van der Waals surface area contributed by atoms with Crippen LogP contribution in [0.4, 0.5) is 5.69 Å². The van der Waals surface area contributed by atoms with E-state index in [0.717, 1.165) is 5.69 Å². The summed E-state index contributed by atoms with van der Waals surface area (Å²) >= 11 is 0. The lowest BCUT2D eigenvalue weighted by atomic mass is 10.0. The van der Waals surface area contributed by atoms with Crippen LogP contribution in [0.15, 0.2) is 24.3 Å². The lowest BCUT2D eigenvalue weighted by Crippen LogP contribution is -2.38. The molecule has 0 radical (unpaired) electrons. The van der Waals surface area contributed by atoms with E-state index in [-0.39, 0.29) is 25.1 Å². The Morgan fingerprint density at radius 2 is 2.05 bits per heavy atom. The molecule has 0 saturated heterocycles. The minimum Gasteiger partial charge on any atom is -0.395 e. The number of aliphatic hydroxyl groups is 1. The van der Waals surface area contributed by atoms with Gasteiger partial charge in [-0.05, 0) is 37.6 Å². The third-order valence-corrected chi connectivity index (χ3v) is 3.25. The van der Waals surface area contributed by atoms with Crippen molar-refractivity contribution in [3.05, 3.63) is 29.8 Å². The third-order valence-electron chi connectivity index (χ3n) is 3.25. The smallest absolute Gasteiger partial charge is 0.238 e. The summed E-state index contributed by atoms with van der Waals surface area (Å²) in [7, 11) is 1.82. The molecule has 0 aliphatic rings. The molecule has 2 N–H and O–H groups in total. The number of anilines is 1. The molecule has 0 aliphatic heterocycles. The van der Waals surface area contributed by atoms with Crippen molar-refractivity contribution in [2.45, 2.75) is 32.7 Å². The van der Waals surface area contributed by atoms with Crippen molar-refractivity contribution in [1.29, 1.82) is 0 Å².